The van der Waals surface area contributed by atoms with Gasteiger partial charge in [-0.25, -0.2) is 0 Å². The van der Waals surface area contributed by atoms with Crippen molar-refractivity contribution in [2.75, 3.05) is 13.2 Å². The Morgan fingerprint density at radius 1 is 0.660 bits per heavy atom. The van der Waals surface area contributed by atoms with Gasteiger partial charge >= 0.3 is 11.9 Å². The first-order valence-electron chi connectivity index (χ1n) is 21.1. The van der Waals surface area contributed by atoms with Gasteiger partial charge < -0.3 is 19.3 Å². The molecule has 4 atom stereocenters. The third-order valence-corrected chi connectivity index (χ3v) is 9.90. The second-order valence-corrected chi connectivity index (χ2v) is 14.7. The van der Waals surface area contributed by atoms with Gasteiger partial charge in [-0.05, 0) is 57.3 Å². The molecule has 6 nitrogen and oxygen atoms in total. The minimum Gasteiger partial charge on any atom is -0.462 e. The van der Waals surface area contributed by atoms with Crippen molar-refractivity contribution in [2.45, 2.75) is 212 Å². The number of allylic oxidation sites excluding steroid dienone is 5. The van der Waals surface area contributed by atoms with Crippen LogP contribution in [0.2, 0.25) is 0 Å². The number of hydrogen-bond acceptors (Lipinski definition) is 6. The maximum atomic E-state index is 12.3. The Morgan fingerprint density at radius 3 is 1.82 bits per heavy atom. The van der Waals surface area contributed by atoms with E-state index in [1.807, 2.05) is 0 Å². The van der Waals surface area contributed by atoms with Crippen LogP contribution in [0.3, 0.4) is 0 Å². The van der Waals surface area contributed by atoms with Crippen molar-refractivity contribution in [1.82, 2.24) is 0 Å². The standard InChI is InChI=1S/C44H78O6/c1-4-6-7-8-9-10-11-17-20-23-26-29-33-41-42(50-41)34-31-36-44(47)49-40(37-45)38-48-43(46)35-30-27-24-21-18-15-13-12-14-16-19-22-25-28-32-39(3)5-2/h9-10,17,20,26,29,39-42,45H,4-8,11-16,18-19,21-25,27-28,30-38H2,1-3H3/b10-9-,20-17-,29-26-/t39?,40-,41?,42?/m0/s1. The topological polar surface area (TPSA) is 85.4 Å². The summed E-state index contributed by atoms with van der Waals surface area (Å²) in [6.45, 7) is 6.44. The second-order valence-electron chi connectivity index (χ2n) is 14.7. The van der Waals surface area contributed by atoms with E-state index in [4.69, 9.17) is 14.2 Å². The number of carbonyl (C=O) groups excluding carboxylic acids is 2. The molecular weight excluding hydrogens is 624 g/mol. The first kappa shape index (κ1) is 46.1. The normalized spacial score (nSPS) is 17.2. The summed E-state index contributed by atoms with van der Waals surface area (Å²) in [6.07, 6.45) is 43.6. The third kappa shape index (κ3) is 29.8. The number of rotatable bonds is 36. The van der Waals surface area contributed by atoms with Gasteiger partial charge in [-0.2, -0.15) is 0 Å². The number of epoxide rings is 1. The molecule has 1 N–H and O–H groups in total. The molecule has 0 aromatic carbocycles. The van der Waals surface area contributed by atoms with Crippen LogP contribution in [0.15, 0.2) is 36.5 Å². The van der Waals surface area contributed by atoms with Crippen molar-refractivity contribution in [3.63, 3.8) is 0 Å². The molecular formula is C44H78O6. The van der Waals surface area contributed by atoms with Crippen LogP contribution in [-0.2, 0) is 23.8 Å². The Kier molecular flexibility index (Phi) is 31.5. The summed E-state index contributed by atoms with van der Waals surface area (Å²) >= 11 is 0. The number of aliphatic hydroxyl groups excluding tert-OH is 1. The number of hydrogen-bond donors (Lipinski definition) is 1. The molecule has 290 valence electrons. The highest BCUT2D eigenvalue weighted by molar-refractivity contribution is 5.70. The van der Waals surface area contributed by atoms with Crippen LogP contribution >= 0.6 is 0 Å². The second kappa shape index (κ2) is 34.2. The molecule has 0 spiro atoms. The fourth-order valence-corrected chi connectivity index (χ4v) is 6.20. The van der Waals surface area contributed by atoms with Crippen LogP contribution in [0.5, 0.6) is 0 Å². The minimum absolute atomic E-state index is 0.0929. The van der Waals surface area contributed by atoms with E-state index in [1.54, 1.807) is 0 Å². The lowest BCUT2D eigenvalue weighted by atomic mass is 9.99. The van der Waals surface area contributed by atoms with Crippen molar-refractivity contribution >= 4 is 11.9 Å². The van der Waals surface area contributed by atoms with Crippen LogP contribution in [0, 0.1) is 5.92 Å². The SMILES string of the molecule is CCCCC/C=C\C/C=C\C/C=C\CC1OC1CCCC(=O)O[C@@H](CO)COC(=O)CCCCCCCCCCCCCCCCC(C)CC. The maximum absolute atomic E-state index is 12.3. The van der Waals surface area contributed by atoms with Crippen molar-refractivity contribution in [3.8, 4) is 0 Å². The molecule has 0 aromatic rings. The summed E-state index contributed by atoms with van der Waals surface area (Å²) < 4.78 is 16.4. The first-order chi connectivity index (χ1) is 24.5. The van der Waals surface area contributed by atoms with Crippen LogP contribution < -0.4 is 0 Å². The lowest BCUT2D eigenvalue weighted by Crippen LogP contribution is -2.28. The fraction of sp³-hybridized carbons (Fsp3) is 0.818. The quantitative estimate of drug-likeness (QED) is 0.0303. The predicted molar refractivity (Wildman–Crippen MR) is 209 cm³/mol. The predicted octanol–water partition coefficient (Wildman–Crippen LogP) is 12.1. The van der Waals surface area contributed by atoms with E-state index in [-0.39, 0.29) is 43.8 Å². The van der Waals surface area contributed by atoms with Crippen LogP contribution in [0.4, 0.5) is 0 Å². The summed E-state index contributed by atoms with van der Waals surface area (Å²) in [5, 5.41) is 9.59. The average Bonchev–Trinajstić information content (AvgIpc) is 3.87. The van der Waals surface area contributed by atoms with Crippen molar-refractivity contribution in [2.24, 2.45) is 5.92 Å². The largest absolute Gasteiger partial charge is 0.462 e. The minimum atomic E-state index is -0.808. The highest BCUT2D eigenvalue weighted by atomic mass is 16.6. The summed E-state index contributed by atoms with van der Waals surface area (Å²) in [5.74, 6) is 0.235. The van der Waals surface area contributed by atoms with Crippen molar-refractivity contribution in [3.05, 3.63) is 36.5 Å². The van der Waals surface area contributed by atoms with Crippen LogP contribution in [0.1, 0.15) is 194 Å². The van der Waals surface area contributed by atoms with Gasteiger partial charge in [-0.1, -0.05) is 166 Å². The summed E-state index contributed by atoms with van der Waals surface area (Å²) in [4.78, 5) is 24.4. The Bertz CT molecular complexity index is 880. The molecule has 0 radical (unpaired) electrons. The molecule has 0 saturated carbocycles. The molecule has 1 heterocycles. The lowest BCUT2D eigenvalue weighted by Gasteiger charge is -2.15. The Hall–Kier alpha value is -1.92. The molecule has 3 unspecified atom stereocenters. The number of ether oxygens (including phenoxy) is 3. The number of esters is 2. The zero-order valence-electron chi connectivity index (χ0n) is 32.8. The molecule has 1 fully saturated rings. The van der Waals surface area contributed by atoms with E-state index in [0.717, 1.165) is 50.9 Å². The Labute approximate surface area is 308 Å². The molecule has 0 aromatic heterocycles. The van der Waals surface area contributed by atoms with Gasteiger partial charge in [-0.15, -0.1) is 0 Å². The molecule has 0 bridgehead atoms. The van der Waals surface area contributed by atoms with E-state index in [1.165, 1.54) is 109 Å². The average molecular weight is 703 g/mol. The summed E-state index contributed by atoms with van der Waals surface area (Å²) in [5.41, 5.74) is 0. The van der Waals surface area contributed by atoms with Gasteiger partial charge in [0, 0.05) is 12.8 Å². The molecule has 6 heteroatoms. The maximum Gasteiger partial charge on any atom is 0.306 e. The Morgan fingerprint density at radius 2 is 1.22 bits per heavy atom. The van der Waals surface area contributed by atoms with Crippen molar-refractivity contribution in [1.29, 1.82) is 0 Å². The monoisotopic (exact) mass is 703 g/mol. The lowest BCUT2D eigenvalue weighted by molar-refractivity contribution is -0.161. The van der Waals surface area contributed by atoms with Gasteiger partial charge in [-0.3, -0.25) is 9.59 Å². The molecule has 0 aliphatic carbocycles. The summed E-state index contributed by atoms with van der Waals surface area (Å²) in [6, 6.07) is 0. The zero-order valence-corrected chi connectivity index (χ0v) is 32.8. The number of carbonyl (C=O) groups is 2. The van der Waals surface area contributed by atoms with E-state index in [9.17, 15) is 14.7 Å². The molecule has 1 saturated heterocycles. The van der Waals surface area contributed by atoms with E-state index in [2.05, 4.69) is 57.2 Å². The molecule has 0 amide bonds. The van der Waals surface area contributed by atoms with E-state index < -0.39 is 6.10 Å². The highest BCUT2D eigenvalue weighted by Gasteiger charge is 2.36. The fourth-order valence-electron chi connectivity index (χ4n) is 6.20. The number of unbranched alkanes of at least 4 members (excludes halogenated alkanes) is 16. The van der Waals surface area contributed by atoms with Gasteiger partial charge in [0.2, 0.25) is 0 Å². The van der Waals surface area contributed by atoms with Gasteiger partial charge in [0.25, 0.3) is 0 Å². The molecule has 1 aliphatic rings. The van der Waals surface area contributed by atoms with Crippen LogP contribution in [-0.4, -0.2) is 48.6 Å². The Balaban J connectivity index is 1.92. The zero-order chi connectivity index (χ0) is 36.3. The van der Waals surface area contributed by atoms with E-state index >= 15 is 0 Å². The van der Waals surface area contributed by atoms with E-state index in [0.29, 0.717) is 12.8 Å². The molecule has 50 heavy (non-hydrogen) atoms. The van der Waals surface area contributed by atoms with Gasteiger partial charge in [0.05, 0.1) is 18.8 Å². The van der Waals surface area contributed by atoms with Crippen LogP contribution in [0.25, 0.3) is 0 Å². The number of aliphatic hydroxyl groups is 1. The smallest absolute Gasteiger partial charge is 0.306 e. The van der Waals surface area contributed by atoms with Gasteiger partial charge in [0.15, 0.2) is 6.10 Å². The highest BCUT2D eigenvalue weighted by Crippen LogP contribution is 2.30. The third-order valence-electron chi connectivity index (χ3n) is 9.90. The summed E-state index contributed by atoms with van der Waals surface area (Å²) in [7, 11) is 0. The van der Waals surface area contributed by atoms with Crippen molar-refractivity contribution < 1.29 is 28.9 Å². The molecule has 1 aliphatic heterocycles. The molecule has 1 rings (SSSR count). The van der Waals surface area contributed by atoms with Gasteiger partial charge in [0.1, 0.15) is 6.61 Å². The first-order valence-corrected chi connectivity index (χ1v) is 21.1.